The summed E-state index contributed by atoms with van der Waals surface area (Å²) in [5.74, 6) is 0.0994. The number of nitrogens with zero attached hydrogens (tertiary/aromatic N) is 1. The largest absolute Gasteiger partial charge is 0.353 e. The first kappa shape index (κ1) is 17.4. The van der Waals surface area contributed by atoms with Gasteiger partial charge in [-0.2, -0.15) is 0 Å². The third kappa shape index (κ3) is 8.48. The topological polar surface area (TPSA) is 44.4 Å². The van der Waals surface area contributed by atoms with Gasteiger partial charge in [-0.15, -0.1) is 0 Å². The third-order valence-electron chi connectivity index (χ3n) is 3.17. The van der Waals surface area contributed by atoms with E-state index in [0.29, 0.717) is 12.6 Å². The van der Waals surface area contributed by atoms with Crippen molar-refractivity contribution in [3.05, 3.63) is 0 Å². The molecule has 0 aromatic carbocycles. The highest BCUT2D eigenvalue weighted by Gasteiger charge is 2.10. The quantitative estimate of drug-likeness (QED) is 0.625. The lowest BCUT2D eigenvalue weighted by Crippen LogP contribution is -2.45. The minimum absolute atomic E-state index is 0.0994. The van der Waals surface area contributed by atoms with Crippen molar-refractivity contribution in [2.45, 2.75) is 59.5 Å². The molecular weight excluding hydrogens is 226 g/mol. The second-order valence-corrected chi connectivity index (χ2v) is 5.03. The van der Waals surface area contributed by atoms with Crippen molar-refractivity contribution < 1.29 is 4.79 Å². The van der Waals surface area contributed by atoms with Crippen molar-refractivity contribution in [2.75, 3.05) is 26.2 Å². The Kier molecular flexibility index (Phi) is 9.98. The first-order valence-electron chi connectivity index (χ1n) is 7.28. The van der Waals surface area contributed by atoms with E-state index in [9.17, 15) is 4.79 Å². The summed E-state index contributed by atoms with van der Waals surface area (Å²) in [6, 6.07) is 0.625. The smallest absolute Gasteiger partial charge is 0.234 e. The zero-order valence-electron chi connectivity index (χ0n) is 12.8. The Morgan fingerprint density at radius 2 is 1.72 bits per heavy atom. The zero-order chi connectivity index (χ0) is 14.0. The summed E-state index contributed by atoms with van der Waals surface area (Å²) in [5, 5.41) is 6.28. The van der Waals surface area contributed by atoms with Crippen molar-refractivity contribution in [2.24, 2.45) is 0 Å². The van der Waals surface area contributed by atoms with Crippen molar-refractivity contribution in [3.8, 4) is 0 Å². The Hall–Kier alpha value is -0.610. The first-order valence-corrected chi connectivity index (χ1v) is 7.28. The summed E-state index contributed by atoms with van der Waals surface area (Å²) in [5.41, 5.74) is 0. The number of nitrogens with one attached hydrogen (secondary N) is 2. The third-order valence-corrected chi connectivity index (χ3v) is 3.17. The predicted octanol–water partition coefficient (Wildman–Crippen LogP) is 1.61. The Morgan fingerprint density at radius 1 is 1.11 bits per heavy atom. The van der Waals surface area contributed by atoms with Crippen LogP contribution in [0.4, 0.5) is 0 Å². The van der Waals surface area contributed by atoms with Gasteiger partial charge in [0.2, 0.25) is 5.91 Å². The zero-order valence-corrected chi connectivity index (χ0v) is 12.8. The fourth-order valence-corrected chi connectivity index (χ4v) is 2.03. The molecule has 0 aliphatic rings. The van der Waals surface area contributed by atoms with Crippen LogP contribution in [0.2, 0.25) is 0 Å². The summed E-state index contributed by atoms with van der Waals surface area (Å²) in [6.45, 7) is 14.2. The van der Waals surface area contributed by atoms with Gasteiger partial charge in [0.05, 0.1) is 6.54 Å². The van der Waals surface area contributed by atoms with Crippen molar-refractivity contribution in [1.82, 2.24) is 15.5 Å². The van der Waals surface area contributed by atoms with E-state index in [0.717, 1.165) is 32.5 Å². The van der Waals surface area contributed by atoms with Gasteiger partial charge in [-0.3, -0.25) is 4.79 Å². The molecule has 2 N–H and O–H groups in total. The molecule has 0 aromatic rings. The fourth-order valence-electron chi connectivity index (χ4n) is 2.03. The van der Waals surface area contributed by atoms with E-state index in [4.69, 9.17) is 0 Å². The molecule has 0 bridgehead atoms. The maximum atomic E-state index is 11.7. The van der Waals surface area contributed by atoms with Crippen molar-refractivity contribution in [3.63, 3.8) is 0 Å². The number of hydrogen-bond donors (Lipinski definition) is 2. The number of amides is 1. The van der Waals surface area contributed by atoms with Crippen molar-refractivity contribution >= 4 is 5.91 Å². The Bertz CT molecular complexity index is 217. The van der Waals surface area contributed by atoms with E-state index in [1.165, 1.54) is 0 Å². The molecule has 18 heavy (non-hydrogen) atoms. The number of carbonyl (C=O) groups is 1. The van der Waals surface area contributed by atoms with Gasteiger partial charge >= 0.3 is 0 Å². The lowest BCUT2D eigenvalue weighted by Gasteiger charge is -2.23. The van der Waals surface area contributed by atoms with Crippen LogP contribution in [-0.4, -0.2) is 49.1 Å². The molecule has 0 radical (unpaired) electrons. The van der Waals surface area contributed by atoms with Gasteiger partial charge in [0.25, 0.3) is 0 Å². The van der Waals surface area contributed by atoms with E-state index in [2.05, 4.69) is 50.2 Å². The monoisotopic (exact) mass is 257 g/mol. The molecule has 0 rings (SSSR count). The molecule has 0 saturated heterocycles. The number of likely N-dealkylation sites (N-methyl/N-ethyl adjacent to an activating group) is 1. The van der Waals surface area contributed by atoms with Crippen LogP contribution in [0.3, 0.4) is 0 Å². The highest BCUT2D eigenvalue weighted by molar-refractivity contribution is 5.78. The summed E-state index contributed by atoms with van der Waals surface area (Å²) in [7, 11) is 0. The van der Waals surface area contributed by atoms with Crippen LogP contribution in [0, 0.1) is 0 Å². The van der Waals surface area contributed by atoms with E-state index in [1.807, 2.05) is 0 Å². The molecule has 108 valence electrons. The summed E-state index contributed by atoms with van der Waals surface area (Å²) >= 11 is 0. The molecule has 4 nitrogen and oxygen atoms in total. The standard InChI is InChI=1S/C14H31N3O/c1-6-9-12(4)16-14(18)10-15-13(5)11-17(7-2)8-3/h12-13,15H,6-11H2,1-5H3,(H,16,18). The molecule has 0 heterocycles. The molecular formula is C14H31N3O. The van der Waals surface area contributed by atoms with E-state index in [1.54, 1.807) is 0 Å². The van der Waals surface area contributed by atoms with Crippen LogP contribution < -0.4 is 10.6 Å². The predicted molar refractivity (Wildman–Crippen MR) is 77.8 cm³/mol. The SMILES string of the molecule is CCCC(C)NC(=O)CNC(C)CN(CC)CC. The number of carbonyl (C=O) groups excluding carboxylic acids is 1. The average Bonchev–Trinajstić information content (AvgIpc) is 2.33. The molecule has 0 aliphatic carbocycles. The lowest BCUT2D eigenvalue weighted by molar-refractivity contribution is -0.121. The highest BCUT2D eigenvalue weighted by Crippen LogP contribution is 1.94. The van der Waals surface area contributed by atoms with Gasteiger partial charge in [-0.05, 0) is 33.4 Å². The molecule has 0 aliphatic heterocycles. The van der Waals surface area contributed by atoms with Crippen LogP contribution in [0.1, 0.15) is 47.5 Å². The first-order chi connectivity index (χ1) is 8.53. The molecule has 0 spiro atoms. The van der Waals surface area contributed by atoms with Crippen LogP contribution in [0.15, 0.2) is 0 Å². The fraction of sp³-hybridized carbons (Fsp3) is 0.929. The van der Waals surface area contributed by atoms with Crippen molar-refractivity contribution in [1.29, 1.82) is 0 Å². The summed E-state index contributed by atoms with van der Waals surface area (Å²) < 4.78 is 0. The second kappa shape index (κ2) is 10.3. The van der Waals surface area contributed by atoms with Gasteiger partial charge in [-0.1, -0.05) is 27.2 Å². The van der Waals surface area contributed by atoms with E-state index < -0.39 is 0 Å². The van der Waals surface area contributed by atoms with Gasteiger partial charge in [0.15, 0.2) is 0 Å². The van der Waals surface area contributed by atoms with E-state index in [-0.39, 0.29) is 11.9 Å². The molecule has 0 fully saturated rings. The maximum Gasteiger partial charge on any atom is 0.234 e. The molecule has 1 amide bonds. The highest BCUT2D eigenvalue weighted by atomic mass is 16.1. The van der Waals surface area contributed by atoms with E-state index >= 15 is 0 Å². The Labute approximate surface area is 113 Å². The van der Waals surface area contributed by atoms with Gasteiger partial charge in [-0.25, -0.2) is 0 Å². The summed E-state index contributed by atoms with van der Waals surface area (Å²) in [6.07, 6.45) is 2.15. The van der Waals surface area contributed by atoms with Gasteiger partial charge < -0.3 is 15.5 Å². The average molecular weight is 257 g/mol. The molecule has 4 heteroatoms. The number of hydrogen-bond acceptors (Lipinski definition) is 3. The van der Waals surface area contributed by atoms with Crippen LogP contribution in [0.25, 0.3) is 0 Å². The minimum atomic E-state index is 0.0994. The van der Waals surface area contributed by atoms with Crippen LogP contribution in [0.5, 0.6) is 0 Å². The molecule has 0 saturated carbocycles. The van der Waals surface area contributed by atoms with Crippen LogP contribution in [-0.2, 0) is 4.79 Å². The summed E-state index contributed by atoms with van der Waals surface area (Å²) in [4.78, 5) is 14.0. The Morgan fingerprint density at radius 3 is 2.22 bits per heavy atom. The normalized spacial score (nSPS) is 14.6. The molecule has 2 atom stereocenters. The Balaban J connectivity index is 3.77. The van der Waals surface area contributed by atoms with Gasteiger partial charge in [0, 0.05) is 18.6 Å². The second-order valence-electron chi connectivity index (χ2n) is 5.03. The van der Waals surface area contributed by atoms with Gasteiger partial charge in [0.1, 0.15) is 0 Å². The number of rotatable bonds is 10. The molecule has 2 unspecified atom stereocenters. The molecule has 0 aromatic heterocycles. The van der Waals surface area contributed by atoms with Crippen LogP contribution >= 0.6 is 0 Å². The minimum Gasteiger partial charge on any atom is -0.353 e. The lowest BCUT2D eigenvalue weighted by atomic mass is 10.2. The maximum absolute atomic E-state index is 11.7.